The van der Waals surface area contributed by atoms with Crippen LogP contribution in [0.4, 0.5) is 0 Å². The van der Waals surface area contributed by atoms with Crippen molar-refractivity contribution in [2.45, 2.75) is 11.8 Å². The zero-order valence-corrected chi connectivity index (χ0v) is 11.3. The van der Waals surface area contributed by atoms with Gasteiger partial charge in [0.25, 0.3) is 0 Å². The predicted octanol–water partition coefficient (Wildman–Crippen LogP) is 4.24. The molecule has 0 fully saturated rings. The topological polar surface area (TPSA) is 26.3 Å². The summed E-state index contributed by atoms with van der Waals surface area (Å²) in [6, 6.07) is 3.18. The van der Waals surface area contributed by atoms with E-state index in [0.717, 1.165) is 5.56 Å². The van der Waals surface area contributed by atoms with Crippen molar-refractivity contribution in [1.82, 2.24) is 0 Å². The molecule has 2 nitrogen and oxygen atoms in total. The number of esters is 1. The van der Waals surface area contributed by atoms with Gasteiger partial charge in [0.15, 0.2) is 0 Å². The number of benzene rings is 1. The number of alkyl halides is 1. The minimum absolute atomic E-state index is 0.00127. The van der Waals surface area contributed by atoms with Crippen LogP contribution in [-0.2, 0) is 4.74 Å². The normalized spacial score (nSPS) is 12.3. The average Bonchev–Trinajstić information content (AvgIpc) is 2.20. The van der Waals surface area contributed by atoms with E-state index in [1.807, 2.05) is 6.92 Å². The molecule has 82 valence electrons. The number of halogens is 3. The third-order valence-corrected chi connectivity index (χ3v) is 3.14. The van der Waals surface area contributed by atoms with Gasteiger partial charge in [0.1, 0.15) is 0 Å². The van der Waals surface area contributed by atoms with Crippen molar-refractivity contribution in [2.24, 2.45) is 0 Å². The van der Waals surface area contributed by atoms with E-state index in [1.54, 1.807) is 6.07 Å². The largest absolute Gasteiger partial charge is 0.465 e. The lowest BCUT2D eigenvalue weighted by atomic mass is 10.1. The van der Waals surface area contributed by atoms with Crippen LogP contribution in [0.5, 0.6) is 0 Å². The first kappa shape index (κ1) is 12.8. The lowest BCUT2D eigenvalue weighted by Gasteiger charge is -2.11. The van der Waals surface area contributed by atoms with Crippen molar-refractivity contribution >= 4 is 45.1 Å². The predicted molar refractivity (Wildman–Crippen MR) is 65.1 cm³/mol. The van der Waals surface area contributed by atoms with Gasteiger partial charge in [-0.3, -0.25) is 0 Å². The summed E-state index contributed by atoms with van der Waals surface area (Å²) >= 11 is 15.1. The minimum Gasteiger partial charge on any atom is -0.465 e. The van der Waals surface area contributed by atoms with Crippen molar-refractivity contribution in [3.05, 3.63) is 33.3 Å². The molecule has 0 bridgehead atoms. The van der Waals surface area contributed by atoms with Crippen LogP contribution in [0.1, 0.15) is 27.7 Å². The van der Waals surface area contributed by atoms with E-state index >= 15 is 0 Å². The SMILES string of the molecule is COC(=O)c1cc(Cl)c(Cl)cc1C(C)Br. The molecule has 0 aliphatic heterocycles. The average molecular weight is 312 g/mol. The summed E-state index contributed by atoms with van der Waals surface area (Å²) in [4.78, 5) is 11.5. The van der Waals surface area contributed by atoms with E-state index in [-0.39, 0.29) is 4.83 Å². The first-order valence-corrected chi connectivity index (χ1v) is 5.86. The first-order chi connectivity index (χ1) is 6.97. The molecule has 0 amide bonds. The van der Waals surface area contributed by atoms with Gasteiger partial charge >= 0.3 is 5.97 Å². The molecular weight excluding hydrogens is 303 g/mol. The van der Waals surface area contributed by atoms with Crippen molar-refractivity contribution in [1.29, 1.82) is 0 Å². The summed E-state index contributed by atoms with van der Waals surface area (Å²) in [6.07, 6.45) is 0. The smallest absolute Gasteiger partial charge is 0.338 e. The molecule has 0 heterocycles. The minimum atomic E-state index is -0.421. The fourth-order valence-corrected chi connectivity index (χ4v) is 1.89. The molecule has 1 aromatic rings. The third-order valence-electron chi connectivity index (χ3n) is 1.93. The number of hydrogen-bond acceptors (Lipinski definition) is 2. The number of carbonyl (C=O) groups excluding carboxylic acids is 1. The molecule has 0 saturated heterocycles. The Morgan fingerprint density at radius 3 is 2.40 bits per heavy atom. The van der Waals surface area contributed by atoms with E-state index in [2.05, 4.69) is 20.7 Å². The number of rotatable bonds is 2. The lowest BCUT2D eigenvalue weighted by molar-refractivity contribution is 0.0599. The molecule has 0 N–H and O–H groups in total. The molecule has 5 heteroatoms. The summed E-state index contributed by atoms with van der Waals surface area (Å²) in [5.74, 6) is -0.421. The molecule has 1 rings (SSSR count). The highest BCUT2D eigenvalue weighted by Crippen LogP contribution is 2.32. The summed E-state index contributed by atoms with van der Waals surface area (Å²) in [6.45, 7) is 1.89. The Labute approximate surface area is 107 Å². The second kappa shape index (κ2) is 5.19. The van der Waals surface area contributed by atoms with E-state index in [1.165, 1.54) is 13.2 Å². The number of ether oxygens (including phenoxy) is 1. The summed E-state index contributed by atoms with van der Waals surface area (Å²) in [5, 5.41) is 0.764. The Hall–Kier alpha value is -0.250. The van der Waals surface area contributed by atoms with E-state index < -0.39 is 5.97 Å². The lowest BCUT2D eigenvalue weighted by Crippen LogP contribution is -2.06. The molecule has 0 aliphatic rings. The van der Waals surface area contributed by atoms with Crippen molar-refractivity contribution in [3.63, 3.8) is 0 Å². The van der Waals surface area contributed by atoms with Crippen molar-refractivity contribution in [2.75, 3.05) is 7.11 Å². The van der Waals surface area contributed by atoms with Crippen LogP contribution in [0, 0.1) is 0 Å². The number of methoxy groups -OCH3 is 1. The molecule has 0 radical (unpaired) electrons. The van der Waals surface area contributed by atoms with Crippen LogP contribution in [-0.4, -0.2) is 13.1 Å². The highest BCUT2D eigenvalue weighted by molar-refractivity contribution is 9.09. The van der Waals surface area contributed by atoms with E-state index in [0.29, 0.717) is 15.6 Å². The molecule has 15 heavy (non-hydrogen) atoms. The molecule has 0 aliphatic carbocycles. The molecule has 1 aromatic carbocycles. The van der Waals surface area contributed by atoms with Crippen LogP contribution < -0.4 is 0 Å². The van der Waals surface area contributed by atoms with Crippen molar-refractivity contribution < 1.29 is 9.53 Å². The molecule has 0 spiro atoms. The molecule has 1 atom stereocenters. The molecule has 0 aromatic heterocycles. The van der Waals surface area contributed by atoms with E-state index in [9.17, 15) is 4.79 Å². The maximum Gasteiger partial charge on any atom is 0.338 e. The van der Waals surface area contributed by atoms with Crippen LogP contribution in [0.15, 0.2) is 12.1 Å². The maximum atomic E-state index is 11.5. The Bertz CT molecular complexity index is 391. The monoisotopic (exact) mass is 310 g/mol. The number of carbonyl (C=O) groups is 1. The van der Waals surface area contributed by atoms with Gasteiger partial charge in [0, 0.05) is 4.83 Å². The second-order valence-electron chi connectivity index (χ2n) is 2.96. The highest BCUT2D eigenvalue weighted by atomic mass is 79.9. The summed E-state index contributed by atoms with van der Waals surface area (Å²) in [5.41, 5.74) is 1.19. The zero-order chi connectivity index (χ0) is 11.6. The fraction of sp³-hybridized carbons (Fsp3) is 0.300. The second-order valence-corrected chi connectivity index (χ2v) is 5.15. The van der Waals surface area contributed by atoms with Gasteiger partial charge in [0.2, 0.25) is 0 Å². The van der Waals surface area contributed by atoms with Crippen LogP contribution in [0.25, 0.3) is 0 Å². The van der Waals surface area contributed by atoms with Gasteiger partial charge in [-0.1, -0.05) is 39.1 Å². The standard InChI is InChI=1S/C10H9BrCl2O2/c1-5(11)6-3-8(12)9(13)4-7(6)10(14)15-2/h3-5H,1-2H3. The first-order valence-electron chi connectivity index (χ1n) is 4.18. The number of hydrogen-bond donors (Lipinski definition) is 0. The van der Waals surface area contributed by atoms with Crippen LogP contribution in [0.3, 0.4) is 0 Å². The van der Waals surface area contributed by atoms with Crippen LogP contribution >= 0.6 is 39.1 Å². The summed E-state index contributed by atoms with van der Waals surface area (Å²) < 4.78 is 4.66. The maximum absolute atomic E-state index is 11.5. The van der Waals surface area contributed by atoms with Gasteiger partial charge in [-0.2, -0.15) is 0 Å². The highest BCUT2D eigenvalue weighted by Gasteiger charge is 2.17. The molecule has 0 saturated carbocycles. The van der Waals surface area contributed by atoms with E-state index in [4.69, 9.17) is 23.2 Å². The third kappa shape index (κ3) is 2.86. The van der Waals surface area contributed by atoms with Crippen molar-refractivity contribution in [3.8, 4) is 0 Å². The fourth-order valence-electron chi connectivity index (χ4n) is 1.18. The van der Waals surface area contributed by atoms with Gasteiger partial charge in [-0.05, 0) is 24.6 Å². The Morgan fingerprint density at radius 2 is 1.93 bits per heavy atom. The quantitative estimate of drug-likeness (QED) is 0.603. The van der Waals surface area contributed by atoms with Gasteiger partial charge in [0.05, 0.1) is 22.7 Å². The van der Waals surface area contributed by atoms with Gasteiger partial charge in [-0.15, -0.1) is 0 Å². The Morgan fingerprint density at radius 1 is 1.40 bits per heavy atom. The van der Waals surface area contributed by atoms with Gasteiger partial charge in [-0.25, -0.2) is 4.79 Å². The Kier molecular flexibility index (Phi) is 4.44. The Balaban J connectivity index is 3.34. The molecule has 1 unspecified atom stereocenters. The molecular formula is C10H9BrCl2O2. The zero-order valence-electron chi connectivity index (χ0n) is 8.18. The van der Waals surface area contributed by atoms with Gasteiger partial charge < -0.3 is 4.74 Å². The van der Waals surface area contributed by atoms with Crippen LogP contribution in [0.2, 0.25) is 10.0 Å². The summed E-state index contributed by atoms with van der Waals surface area (Å²) in [7, 11) is 1.33.